The van der Waals surface area contributed by atoms with Gasteiger partial charge in [0.2, 0.25) is 6.29 Å². The van der Waals surface area contributed by atoms with Gasteiger partial charge in [-0.15, -0.1) is 0 Å². The van der Waals surface area contributed by atoms with Crippen LogP contribution < -0.4 is 9.61 Å². The van der Waals surface area contributed by atoms with Gasteiger partial charge in [0.15, 0.2) is 12.3 Å². The van der Waals surface area contributed by atoms with Crippen LogP contribution >= 0.6 is 7.75 Å². The number of ether oxygens (including phenoxy) is 6. The number of nitrogens with one attached hydrogen (secondary N) is 1. The zero-order chi connectivity index (χ0) is 38.6. The fourth-order valence-electron chi connectivity index (χ4n) is 6.17. The minimum Gasteiger partial charge on any atom is -0.461 e. The molecule has 1 heterocycles. The number of carbonyl (C=O) groups excluding carboxylic acids is 3. The van der Waals surface area contributed by atoms with Crippen molar-refractivity contribution >= 4 is 36.8 Å². The lowest BCUT2D eigenvalue weighted by Crippen LogP contribution is -2.39. The third-order valence-corrected chi connectivity index (χ3v) is 10.6. The highest BCUT2D eigenvalue weighted by molar-refractivity contribution is 7.52. The van der Waals surface area contributed by atoms with Gasteiger partial charge in [-0.3, -0.25) is 9.32 Å². The van der Waals surface area contributed by atoms with E-state index in [1.807, 2.05) is 18.2 Å². The minimum absolute atomic E-state index is 0.101. The number of fused-ring (bicyclic) bond motifs is 1. The van der Waals surface area contributed by atoms with Gasteiger partial charge in [-0.25, -0.2) is 18.5 Å². The lowest BCUT2D eigenvalue weighted by atomic mass is 9.98. The lowest BCUT2D eigenvalue weighted by molar-refractivity contribution is -0.152. The molecule has 1 aliphatic heterocycles. The Kier molecular flexibility index (Phi) is 13.7. The maximum Gasteiger partial charge on any atom is 0.509 e. The van der Waals surface area contributed by atoms with Crippen LogP contribution in [0.25, 0.3) is 10.8 Å². The highest BCUT2D eigenvalue weighted by Gasteiger charge is 2.53. The molecule has 1 saturated carbocycles. The fourth-order valence-corrected chi connectivity index (χ4v) is 7.77. The van der Waals surface area contributed by atoms with E-state index < -0.39 is 63.3 Å². The molecule has 13 nitrogen and oxygen atoms in total. The number of alkyl halides is 1. The van der Waals surface area contributed by atoms with E-state index in [1.165, 1.54) is 6.92 Å². The first kappa shape index (κ1) is 39.7. The average Bonchev–Trinajstić information content (AvgIpc) is 3.48. The van der Waals surface area contributed by atoms with E-state index in [-0.39, 0.29) is 25.1 Å². The maximum absolute atomic E-state index is 16.4. The number of benzene rings is 4. The summed E-state index contributed by atoms with van der Waals surface area (Å²) >= 11 is 0. The van der Waals surface area contributed by atoms with E-state index in [2.05, 4.69) is 5.09 Å². The molecule has 4 aromatic rings. The third kappa shape index (κ3) is 11.3. The van der Waals surface area contributed by atoms with Crippen molar-refractivity contribution in [2.75, 3.05) is 6.61 Å². The van der Waals surface area contributed by atoms with E-state index in [1.54, 1.807) is 84.9 Å². The highest BCUT2D eigenvalue weighted by atomic mass is 31.2. The van der Waals surface area contributed by atoms with E-state index in [4.69, 9.17) is 37.5 Å². The van der Waals surface area contributed by atoms with Gasteiger partial charge in [-0.05, 0) is 55.2 Å². The second-order valence-electron chi connectivity index (χ2n) is 13.1. The predicted octanol–water partition coefficient (Wildman–Crippen LogP) is 8.34. The van der Waals surface area contributed by atoms with Crippen LogP contribution in [0.1, 0.15) is 50.2 Å². The predicted molar refractivity (Wildman–Crippen MR) is 196 cm³/mol. The molecule has 2 fully saturated rings. The summed E-state index contributed by atoms with van der Waals surface area (Å²) in [6.07, 6.45) is -5.92. The zero-order valence-electron chi connectivity index (χ0n) is 30.2. The van der Waals surface area contributed by atoms with Gasteiger partial charge in [0.05, 0.1) is 0 Å². The molecule has 292 valence electrons. The Hall–Kier alpha value is -5.01. The van der Waals surface area contributed by atoms with Crippen LogP contribution in [-0.2, 0) is 55.5 Å². The van der Waals surface area contributed by atoms with Gasteiger partial charge < -0.3 is 32.9 Å². The molecular formula is C40H43FNO12P. The molecule has 2 unspecified atom stereocenters. The monoisotopic (exact) mass is 779 g/mol. The average molecular weight is 780 g/mol. The standard InChI is InChI=1S/C40H43FNO12P/c1-27(37(43)50-31-20-9-4-10-21-31)42-55(46,53-33-23-13-19-30-18-11-12-22-32(30)33)54-38-35(41)36(52-40(45)48-25-29-16-7-3-8-17-29)34(51-38)26-49-39(44)47-24-28-14-5-2-6-15-28/h2-3,5-8,11-19,22-23,27,31,34-36,38H,4,9-10,20-21,24-26H2,1H3,(H,42,46)/t27-,34+,35-,36+,38?,55?/m0/s1. The quantitative estimate of drug-likeness (QED) is 0.0699. The number of carbonyl (C=O) groups is 3. The van der Waals surface area contributed by atoms with Crippen molar-refractivity contribution < 1.29 is 60.8 Å². The van der Waals surface area contributed by atoms with Crippen molar-refractivity contribution in [3.63, 3.8) is 0 Å². The van der Waals surface area contributed by atoms with Crippen molar-refractivity contribution in [1.82, 2.24) is 5.09 Å². The summed E-state index contributed by atoms with van der Waals surface area (Å²) in [7, 11) is -4.74. The van der Waals surface area contributed by atoms with Crippen molar-refractivity contribution in [2.24, 2.45) is 0 Å². The lowest BCUT2D eigenvalue weighted by Gasteiger charge is -2.27. The van der Waals surface area contributed by atoms with Gasteiger partial charge >= 0.3 is 26.0 Å². The van der Waals surface area contributed by atoms with Crippen molar-refractivity contribution in [3.05, 3.63) is 114 Å². The molecule has 6 rings (SSSR count). The van der Waals surface area contributed by atoms with E-state index in [9.17, 15) is 18.9 Å². The molecule has 55 heavy (non-hydrogen) atoms. The Labute approximate surface area is 317 Å². The van der Waals surface area contributed by atoms with Gasteiger partial charge in [-0.1, -0.05) is 103 Å². The summed E-state index contributed by atoms with van der Waals surface area (Å²) in [6, 6.07) is 28.5. The topological polar surface area (TPSA) is 154 Å². The van der Waals surface area contributed by atoms with Crippen LogP contribution in [0.15, 0.2) is 103 Å². The van der Waals surface area contributed by atoms with Gasteiger partial charge in [0.25, 0.3) is 0 Å². The highest BCUT2D eigenvalue weighted by Crippen LogP contribution is 2.50. The first-order valence-corrected chi connectivity index (χ1v) is 19.6. The van der Waals surface area contributed by atoms with Crippen LogP contribution in [0, 0.1) is 0 Å². The number of halogens is 1. The van der Waals surface area contributed by atoms with Crippen LogP contribution in [0.5, 0.6) is 5.75 Å². The number of esters is 1. The maximum atomic E-state index is 16.4. The number of rotatable bonds is 15. The molecule has 6 atom stereocenters. The van der Waals surface area contributed by atoms with Gasteiger partial charge in [0.1, 0.15) is 43.8 Å². The summed E-state index contributed by atoms with van der Waals surface area (Å²) in [6.45, 7) is 0.485. The van der Waals surface area contributed by atoms with E-state index in [0.29, 0.717) is 29.4 Å². The summed E-state index contributed by atoms with van der Waals surface area (Å²) < 4.78 is 75.2. The third-order valence-electron chi connectivity index (χ3n) is 9.00. The summed E-state index contributed by atoms with van der Waals surface area (Å²) in [5, 5.41) is 3.89. The Morgan fingerprint density at radius 3 is 2.09 bits per heavy atom. The molecule has 0 spiro atoms. The van der Waals surface area contributed by atoms with Crippen LogP contribution in [0.4, 0.5) is 14.0 Å². The smallest absolute Gasteiger partial charge is 0.461 e. The van der Waals surface area contributed by atoms with Gasteiger partial charge in [0, 0.05) is 5.39 Å². The molecular weight excluding hydrogens is 736 g/mol. The molecule has 2 aliphatic rings. The zero-order valence-corrected chi connectivity index (χ0v) is 31.1. The van der Waals surface area contributed by atoms with Crippen LogP contribution in [-0.4, -0.2) is 61.7 Å². The van der Waals surface area contributed by atoms with Crippen molar-refractivity contribution in [1.29, 1.82) is 0 Å². The molecule has 0 radical (unpaired) electrons. The van der Waals surface area contributed by atoms with E-state index in [0.717, 1.165) is 24.6 Å². The number of hydrogen-bond donors (Lipinski definition) is 1. The Balaban J connectivity index is 1.19. The largest absolute Gasteiger partial charge is 0.509 e. The Morgan fingerprint density at radius 1 is 0.782 bits per heavy atom. The molecule has 15 heteroatoms. The first-order chi connectivity index (χ1) is 26.7. The Morgan fingerprint density at radius 2 is 1.40 bits per heavy atom. The second kappa shape index (κ2) is 19.0. The Bertz CT molecular complexity index is 1920. The minimum atomic E-state index is -4.74. The van der Waals surface area contributed by atoms with Crippen LogP contribution in [0.2, 0.25) is 0 Å². The van der Waals surface area contributed by atoms with Crippen molar-refractivity contribution in [3.8, 4) is 5.75 Å². The van der Waals surface area contributed by atoms with Gasteiger partial charge in [-0.2, -0.15) is 5.09 Å². The number of hydrogen-bond acceptors (Lipinski definition) is 12. The van der Waals surface area contributed by atoms with Crippen molar-refractivity contribution in [2.45, 2.75) is 89.1 Å². The summed E-state index contributed by atoms with van der Waals surface area (Å²) in [5.74, 6) is -0.599. The normalized spacial score (nSPS) is 21.5. The molecule has 1 aliphatic carbocycles. The van der Waals surface area contributed by atoms with E-state index >= 15 is 4.39 Å². The summed E-state index contributed by atoms with van der Waals surface area (Å²) in [4.78, 5) is 38.5. The second-order valence-corrected chi connectivity index (χ2v) is 14.8. The SMILES string of the molecule is C[C@H](NP(=O)(Oc1cccc2ccccc12)OC1O[C@H](COC(=O)OCc2ccccc2)[C@@H](OC(=O)OCc2ccccc2)[C@@H]1F)C(=O)OC1CCCCC1. The molecule has 1 saturated heterocycles. The molecule has 0 aromatic heterocycles. The first-order valence-electron chi connectivity index (χ1n) is 18.1. The molecule has 1 N–H and O–H groups in total. The fraction of sp³-hybridized carbons (Fsp3) is 0.375. The molecule has 0 amide bonds. The molecule has 4 aromatic carbocycles. The summed E-state index contributed by atoms with van der Waals surface area (Å²) in [5.41, 5.74) is 1.34. The van der Waals surface area contributed by atoms with Crippen LogP contribution in [0.3, 0.4) is 0 Å². The molecule has 0 bridgehead atoms.